The highest BCUT2D eigenvalue weighted by atomic mass is 16.5. The first-order valence-electron chi connectivity index (χ1n) is 4.49. The molecule has 1 aliphatic carbocycles. The summed E-state index contributed by atoms with van der Waals surface area (Å²) in [4.78, 5) is 7.84. The second-order valence-electron chi connectivity index (χ2n) is 3.07. The molecule has 0 saturated heterocycles. The average molecular weight is 168 g/mol. The van der Waals surface area contributed by atoms with Crippen molar-refractivity contribution in [1.29, 1.82) is 0 Å². The maximum atomic E-state index is 4.96. The third kappa shape index (κ3) is 3.51. The molecule has 3 heteroatoms. The fraction of sp³-hybridized carbons (Fsp3) is 0.778. The van der Waals surface area contributed by atoms with E-state index in [9.17, 15) is 0 Å². The fourth-order valence-electron chi connectivity index (χ4n) is 1.45. The molecule has 0 aliphatic heterocycles. The molecule has 1 saturated carbocycles. The maximum absolute atomic E-state index is 4.96. The second-order valence-corrected chi connectivity index (χ2v) is 3.07. The highest BCUT2D eigenvalue weighted by Gasteiger charge is 2.10. The van der Waals surface area contributed by atoms with Gasteiger partial charge in [-0.05, 0) is 19.6 Å². The van der Waals surface area contributed by atoms with Gasteiger partial charge in [-0.3, -0.25) is 9.98 Å². The number of ether oxygens (including phenoxy) is 1. The molecule has 1 rings (SSSR count). The predicted octanol–water partition coefficient (Wildman–Crippen LogP) is 2.02. The zero-order valence-corrected chi connectivity index (χ0v) is 7.41. The molecule has 0 unspecified atom stereocenters. The summed E-state index contributed by atoms with van der Waals surface area (Å²) in [5, 5.41) is 0. The molecular weight excluding hydrogens is 152 g/mol. The van der Waals surface area contributed by atoms with Crippen LogP contribution in [-0.4, -0.2) is 25.9 Å². The highest BCUT2D eigenvalue weighted by Crippen LogP contribution is 2.19. The molecule has 0 atom stereocenters. The van der Waals surface area contributed by atoms with Gasteiger partial charge in [0.1, 0.15) is 0 Å². The molecule has 3 nitrogen and oxygen atoms in total. The van der Waals surface area contributed by atoms with E-state index in [1.165, 1.54) is 38.5 Å². The monoisotopic (exact) mass is 168 g/mol. The Balaban J connectivity index is 2.10. The van der Waals surface area contributed by atoms with Gasteiger partial charge in [0.15, 0.2) is 13.1 Å². The van der Waals surface area contributed by atoms with Crippen LogP contribution in [-0.2, 0) is 4.74 Å². The molecule has 0 spiro atoms. The van der Waals surface area contributed by atoms with Gasteiger partial charge >= 0.3 is 0 Å². The predicted molar refractivity (Wildman–Crippen MR) is 50.9 cm³/mol. The Labute approximate surface area is 73.6 Å². The van der Waals surface area contributed by atoms with Crippen molar-refractivity contribution in [3.8, 4) is 0 Å². The number of hydrogen-bond donors (Lipinski definition) is 0. The van der Waals surface area contributed by atoms with Crippen LogP contribution in [0.2, 0.25) is 0 Å². The molecule has 0 N–H and O–H groups in total. The zero-order chi connectivity index (χ0) is 8.65. The van der Waals surface area contributed by atoms with Crippen LogP contribution in [0.1, 0.15) is 32.1 Å². The third-order valence-electron chi connectivity index (χ3n) is 2.09. The van der Waals surface area contributed by atoms with Crippen molar-refractivity contribution in [2.45, 2.75) is 38.1 Å². The van der Waals surface area contributed by atoms with E-state index in [1.54, 1.807) is 0 Å². The van der Waals surface area contributed by atoms with Crippen molar-refractivity contribution in [2.75, 3.05) is 6.73 Å². The summed E-state index contributed by atoms with van der Waals surface area (Å²) in [5.41, 5.74) is 0. The first kappa shape index (κ1) is 9.23. The second kappa shape index (κ2) is 5.75. The van der Waals surface area contributed by atoms with Crippen LogP contribution >= 0.6 is 0 Å². The number of aliphatic imine (C=N–C) groups is 2. The van der Waals surface area contributed by atoms with Gasteiger partial charge in [0.2, 0.25) is 0 Å². The van der Waals surface area contributed by atoms with Gasteiger partial charge in [-0.1, -0.05) is 19.3 Å². The molecule has 0 heterocycles. The van der Waals surface area contributed by atoms with Crippen molar-refractivity contribution >= 4 is 13.1 Å². The van der Waals surface area contributed by atoms with Crippen LogP contribution in [0.25, 0.3) is 0 Å². The smallest absolute Gasteiger partial charge is 0.179 e. The SMILES string of the molecule is C=NCO/C=N/C1CCCCC1. The summed E-state index contributed by atoms with van der Waals surface area (Å²) in [5.74, 6) is 0. The molecule has 0 aromatic heterocycles. The van der Waals surface area contributed by atoms with Crippen molar-refractivity contribution in [2.24, 2.45) is 9.98 Å². The minimum Gasteiger partial charge on any atom is -0.461 e. The quantitative estimate of drug-likeness (QED) is 0.359. The van der Waals surface area contributed by atoms with Gasteiger partial charge in [0.05, 0.1) is 6.04 Å². The summed E-state index contributed by atoms with van der Waals surface area (Å²) in [6.07, 6.45) is 7.91. The highest BCUT2D eigenvalue weighted by molar-refractivity contribution is 5.46. The lowest BCUT2D eigenvalue weighted by Gasteiger charge is -2.16. The lowest BCUT2D eigenvalue weighted by molar-refractivity contribution is 0.328. The number of rotatable bonds is 4. The molecule has 0 bridgehead atoms. The van der Waals surface area contributed by atoms with Crippen LogP contribution in [0.3, 0.4) is 0 Å². The van der Waals surface area contributed by atoms with Crippen molar-refractivity contribution in [3.63, 3.8) is 0 Å². The van der Waals surface area contributed by atoms with E-state index in [1.807, 2.05) is 0 Å². The van der Waals surface area contributed by atoms with E-state index in [0.717, 1.165) is 0 Å². The van der Waals surface area contributed by atoms with Gasteiger partial charge in [-0.15, -0.1) is 0 Å². The minimum atomic E-state index is 0.316. The lowest BCUT2D eigenvalue weighted by Crippen LogP contribution is -2.09. The Morgan fingerprint density at radius 2 is 2.08 bits per heavy atom. The summed E-state index contributed by atoms with van der Waals surface area (Å²) in [6.45, 7) is 3.62. The molecule has 0 amide bonds. The molecule has 12 heavy (non-hydrogen) atoms. The lowest BCUT2D eigenvalue weighted by atomic mass is 9.96. The molecule has 68 valence electrons. The van der Waals surface area contributed by atoms with E-state index in [0.29, 0.717) is 12.8 Å². The van der Waals surface area contributed by atoms with Crippen molar-refractivity contribution < 1.29 is 4.74 Å². The maximum Gasteiger partial charge on any atom is 0.179 e. The first-order valence-corrected chi connectivity index (χ1v) is 4.49. The van der Waals surface area contributed by atoms with Gasteiger partial charge in [-0.2, -0.15) is 0 Å². The summed E-state index contributed by atoms with van der Waals surface area (Å²) in [6, 6.07) is 0.489. The Hall–Kier alpha value is -0.860. The Bertz CT molecular complexity index is 151. The van der Waals surface area contributed by atoms with Crippen molar-refractivity contribution in [1.82, 2.24) is 0 Å². The minimum absolute atomic E-state index is 0.316. The molecular formula is C9H16N2O. The largest absolute Gasteiger partial charge is 0.461 e. The summed E-state index contributed by atoms with van der Waals surface area (Å²) >= 11 is 0. The first-order chi connectivity index (χ1) is 5.93. The van der Waals surface area contributed by atoms with E-state index in [4.69, 9.17) is 4.74 Å². The Morgan fingerprint density at radius 1 is 1.33 bits per heavy atom. The molecule has 0 aromatic rings. The molecule has 1 fully saturated rings. The topological polar surface area (TPSA) is 34.0 Å². The number of nitrogens with zero attached hydrogens (tertiary/aromatic N) is 2. The van der Waals surface area contributed by atoms with Gasteiger partial charge in [0.25, 0.3) is 0 Å². The van der Waals surface area contributed by atoms with Gasteiger partial charge < -0.3 is 4.74 Å². The van der Waals surface area contributed by atoms with Crippen LogP contribution < -0.4 is 0 Å². The van der Waals surface area contributed by atoms with E-state index in [2.05, 4.69) is 16.7 Å². The van der Waals surface area contributed by atoms with E-state index >= 15 is 0 Å². The van der Waals surface area contributed by atoms with Crippen LogP contribution in [0.4, 0.5) is 0 Å². The Morgan fingerprint density at radius 3 is 2.75 bits per heavy atom. The van der Waals surface area contributed by atoms with E-state index < -0.39 is 0 Å². The van der Waals surface area contributed by atoms with Crippen LogP contribution in [0.15, 0.2) is 9.98 Å². The molecule has 1 aliphatic rings. The van der Waals surface area contributed by atoms with Gasteiger partial charge in [0, 0.05) is 0 Å². The normalized spacial score (nSPS) is 19.7. The number of hydrogen-bond acceptors (Lipinski definition) is 3. The van der Waals surface area contributed by atoms with Gasteiger partial charge in [-0.25, -0.2) is 0 Å². The summed E-state index contributed by atoms with van der Waals surface area (Å²) in [7, 11) is 0. The third-order valence-corrected chi connectivity index (χ3v) is 2.09. The van der Waals surface area contributed by atoms with Crippen LogP contribution in [0.5, 0.6) is 0 Å². The zero-order valence-electron chi connectivity index (χ0n) is 7.41. The molecule has 0 radical (unpaired) electrons. The standard InChI is InChI=1S/C9H16N2O/c1-10-7-12-8-11-9-5-3-2-4-6-9/h8-9H,1-7H2/b11-8+. The van der Waals surface area contributed by atoms with E-state index in [-0.39, 0.29) is 0 Å². The van der Waals surface area contributed by atoms with Crippen LogP contribution in [0, 0.1) is 0 Å². The average Bonchev–Trinajstić information content (AvgIpc) is 2.14. The summed E-state index contributed by atoms with van der Waals surface area (Å²) < 4.78 is 4.96. The molecule has 0 aromatic carbocycles. The Kier molecular flexibility index (Phi) is 4.42. The fourth-order valence-corrected chi connectivity index (χ4v) is 1.45. The van der Waals surface area contributed by atoms with Crippen molar-refractivity contribution in [3.05, 3.63) is 0 Å².